The monoisotopic (exact) mass is 401 g/mol. The minimum atomic E-state index is -0.664. The number of carbonyl (C=O) groups excluding carboxylic acids is 1. The average molecular weight is 402 g/mol. The normalized spacial score (nSPS) is 17.6. The number of aliphatic hydroxyl groups is 1. The lowest BCUT2D eigenvalue weighted by Gasteiger charge is -2.37. The Labute approximate surface area is 173 Å². The molecule has 1 saturated heterocycles. The van der Waals surface area contributed by atoms with Crippen LogP contribution in [-0.4, -0.2) is 57.4 Å². The van der Waals surface area contributed by atoms with Gasteiger partial charge in [0.05, 0.1) is 29.0 Å². The molecule has 3 heterocycles. The van der Waals surface area contributed by atoms with Gasteiger partial charge in [-0.1, -0.05) is 6.92 Å². The van der Waals surface area contributed by atoms with E-state index < -0.39 is 5.60 Å². The van der Waals surface area contributed by atoms with Gasteiger partial charge < -0.3 is 14.7 Å². The molecule has 1 unspecified atom stereocenters. The molecule has 2 aromatic rings. The van der Waals surface area contributed by atoms with Gasteiger partial charge in [-0.3, -0.25) is 0 Å². The summed E-state index contributed by atoms with van der Waals surface area (Å²) < 4.78 is 7.30. The molecule has 0 saturated carbocycles. The number of ether oxygens (including phenoxy) is 1. The molecule has 0 aliphatic carbocycles. The summed E-state index contributed by atoms with van der Waals surface area (Å²) in [5.41, 5.74) is 3.83. The van der Waals surface area contributed by atoms with Crippen molar-refractivity contribution in [2.24, 2.45) is 5.92 Å². The van der Waals surface area contributed by atoms with E-state index in [1.165, 1.54) is 0 Å². The molecule has 1 N–H and O–H groups in total. The first-order valence-electron chi connectivity index (χ1n) is 10.7. The van der Waals surface area contributed by atoms with E-state index in [2.05, 4.69) is 11.8 Å². The molecule has 0 spiro atoms. The van der Waals surface area contributed by atoms with E-state index in [1.54, 1.807) is 0 Å². The molecule has 6 nitrogen and oxygen atoms in total. The fourth-order valence-corrected chi connectivity index (χ4v) is 4.74. The van der Waals surface area contributed by atoms with Gasteiger partial charge in [-0.05, 0) is 84.2 Å². The topological polar surface area (TPSA) is 67.1 Å². The van der Waals surface area contributed by atoms with Crippen LogP contribution < -0.4 is 0 Å². The third-order valence-electron chi connectivity index (χ3n) is 6.07. The summed E-state index contributed by atoms with van der Waals surface area (Å²) in [5, 5.41) is 14.8. The second kappa shape index (κ2) is 8.44. The summed E-state index contributed by atoms with van der Waals surface area (Å²) in [7, 11) is 0. The van der Waals surface area contributed by atoms with Crippen LogP contribution >= 0.6 is 0 Å². The van der Waals surface area contributed by atoms with Crippen LogP contribution in [0.5, 0.6) is 0 Å². The molecule has 3 rings (SSSR count). The number of β-amino-alcohol motifs (C(OH)–C–C–N with tert-alkyl or cyclic N) is 1. The number of fused-ring (bicyclic) bond motifs is 1. The van der Waals surface area contributed by atoms with E-state index in [9.17, 15) is 9.90 Å². The number of esters is 1. The van der Waals surface area contributed by atoms with Crippen molar-refractivity contribution < 1.29 is 14.6 Å². The number of piperidine rings is 1. The Bertz CT molecular complexity index is 874. The van der Waals surface area contributed by atoms with Gasteiger partial charge in [0.15, 0.2) is 0 Å². The number of carbonyl (C=O) groups is 1. The van der Waals surface area contributed by atoms with Gasteiger partial charge in [-0.2, -0.15) is 5.10 Å². The number of hydrogen-bond acceptors (Lipinski definition) is 5. The van der Waals surface area contributed by atoms with Crippen molar-refractivity contribution >= 4 is 11.5 Å². The molecule has 2 aromatic heterocycles. The number of rotatable bonds is 6. The molecule has 1 aliphatic heterocycles. The van der Waals surface area contributed by atoms with Gasteiger partial charge >= 0.3 is 5.97 Å². The summed E-state index contributed by atoms with van der Waals surface area (Å²) >= 11 is 0. The van der Waals surface area contributed by atoms with Crippen LogP contribution in [0, 0.1) is 19.8 Å². The highest BCUT2D eigenvalue weighted by molar-refractivity contribution is 5.99. The minimum absolute atomic E-state index is 0.272. The van der Waals surface area contributed by atoms with Crippen molar-refractivity contribution in [3.63, 3.8) is 0 Å². The predicted molar refractivity (Wildman–Crippen MR) is 114 cm³/mol. The maximum absolute atomic E-state index is 12.7. The summed E-state index contributed by atoms with van der Waals surface area (Å²) in [6, 6.07) is 3.92. The molecule has 1 aliphatic rings. The smallest absolute Gasteiger partial charge is 0.340 e. The average Bonchev–Trinajstić information content (AvgIpc) is 2.91. The lowest BCUT2D eigenvalue weighted by Crippen LogP contribution is -2.43. The van der Waals surface area contributed by atoms with Crippen molar-refractivity contribution in [2.45, 2.75) is 65.9 Å². The van der Waals surface area contributed by atoms with Crippen molar-refractivity contribution in [3.8, 4) is 0 Å². The number of likely N-dealkylation sites (tertiary alicyclic amines) is 1. The standard InChI is InChI=1S/C23H35N3O3/c1-7-29-22(27)20-17(4)21(26-19(20)9-8-15(2)24-26)16(3)18-10-12-25(13-11-18)14-23(5,6)28/h8-9,16,18,28H,7,10-14H2,1-6H3. The predicted octanol–water partition coefficient (Wildman–Crippen LogP) is 3.71. The zero-order valence-electron chi connectivity index (χ0n) is 18.7. The Morgan fingerprint density at radius 1 is 1.31 bits per heavy atom. The molecular weight excluding hydrogens is 366 g/mol. The fraction of sp³-hybridized carbons (Fsp3) is 0.652. The van der Waals surface area contributed by atoms with Crippen LogP contribution in [0.2, 0.25) is 0 Å². The second-order valence-electron chi connectivity index (χ2n) is 9.09. The number of nitrogens with zero attached hydrogens (tertiary/aromatic N) is 3. The Kier molecular flexibility index (Phi) is 6.34. The Morgan fingerprint density at radius 3 is 2.55 bits per heavy atom. The maximum atomic E-state index is 12.7. The van der Waals surface area contributed by atoms with E-state index in [0.717, 1.165) is 48.4 Å². The quantitative estimate of drug-likeness (QED) is 0.748. The first-order valence-corrected chi connectivity index (χ1v) is 10.7. The highest BCUT2D eigenvalue weighted by Crippen LogP contribution is 2.37. The third kappa shape index (κ3) is 4.64. The van der Waals surface area contributed by atoms with Crippen LogP contribution in [0.1, 0.15) is 73.8 Å². The van der Waals surface area contributed by atoms with Gasteiger partial charge in [-0.25, -0.2) is 9.31 Å². The SMILES string of the molecule is CCOC(=O)c1c(C)c(C(C)C2CCN(CC(C)(C)O)CC2)n2nc(C)ccc12. The lowest BCUT2D eigenvalue weighted by molar-refractivity contribution is 0.0229. The van der Waals surface area contributed by atoms with E-state index in [-0.39, 0.29) is 11.9 Å². The molecule has 1 fully saturated rings. The van der Waals surface area contributed by atoms with E-state index in [4.69, 9.17) is 9.84 Å². The summed E-state index contributed by atoms with van der Waals surface area (Å²) in [6.07, 6.45) is 2.15. The van der Waals surface area contributed by atoms with Gasteiger partial charge in [0.1, 0.15) is 0 Å². The molecular formula is C23H35N3O3. The summed E-state index contributed by atoms with van der Waals surface area (Å²) in [6.45, 7) is 14.8. The maximum Gasteiger partial charge on any atom is 0.340 e. The third-order valence-corrected chi connectivity index (χ3v) is 6.07. The van der Waals surface area contributed by atoms with Crippen LogP contribution in [0.15, 0.2) is 12.1 Å². The van der Waals surface area contributed by atoms with Crippen LogP contribution in [0.3, 0.4) is 0 Å². The zero-order valence-corrected chi connectivity index (χ0v) is 18.7. The first-order chi connectivity index (χ1) is 13.6. The van der Waals surface area contributed by atoms with Crippen molar-refractivity contribution in [1.82, 2.24) is 14.5 Å². The Balaban J connectivity index is 1.90. The Hall–Kier alpha value is -1.92. The largest absolute Gasteiger partial charge is 0.462 e. The highest BCUT2D eigenvalue weighted by Gasteiger charge is 2.32. The first kappa shape index (κ1) is 21.8. The summed E-state index contributed by atoms with van der Waals surface area (Å²) in [4.78, 5) is 15.0. The number of aromatic nitrogens is 2. The van der Waals surface area contributed by atoms with Gasteiger partial charge in [0.25, 0.3) is 0 Å². The molecule has 0 bridgehead atoms. The van der Waals surface area contributed by atoms with Gasteiger partial charge in [0, 0.05) is 18.2 Å². The zero-order chi connectivity index (χ0) is 21.3. The molecule has 0 radical (unpaired) electrons. The van der Waals surface area contributed by atoms with E-state index >= 15 is 0 Å². The summed E-state index contributed by atoms with van der Waals surface area (Å²) in [5.74, 6) is 0.526. The van der Waals surface area contributed by atoms with Crippen LogP contribution in [0.4, 0.5) is 0 Å². The van der Waals surface area contributed by atoms with Crippen LogP contribution in [0.25, 0.3) is 5.52 Å². The minimum Gasteiger partial charge on any atom is -0.462 e. The van der Waals surface area contributed by atoms with Crippen molar-refractivity contribution in [2.75, 3.05) is 26.2 Å². The molecule has 29 heavy (non-hydrogen) atoms. The van der Waals surface area contributed by atoms with E-state index in [0.29, 0.717) is 24.6 Å². The van der Waals surface area contributed by atoms with E-state index in [1.807, 2.05) is 51.3 Å². The van der Waals surface area contributed by atoms with Crippen LogP contribution in [-0.2, 0) is 4.74 Å². The van der Waals surface area contributed by atoms with Crippen molar-refractivity contribution in [3.05, 3.63) is 34.6 Å². The van der Waals surface area contributed by atoms with Crippen molar-refractivity contribution in [1.29, 1.82) is 0 Å². The number of hydrogen-bond donors (Lipinski definition) is 1. The molecule has 160 valence electrons. The lowest BCUT2D eigenvalue weighted by atomic mass is 9.82. The van der Waals surface area contributed by atoms with Gasteiger partial charge in [-0.15, -0.1) is 0 Å². The van der Waals surface area contributed by atoms with Gasteiger partial charge in [0.2, 0.25) is 0 Å². The second-order valence-corrected chi connectivity index (χ2v) is 9.09. The highest BCUT2D eigenvalue weighted by atomic mass is 16.5. The molecule has 0 aromatic carbocycles. The fourth-order valence-electron chi connectivity index (χ4n) is 4.74. The molecule has 1 atom stereocenters. The molecule has 0 amide bonds. The Morgan fingerprint density at radius 2 is 1.97 bits per heavy atom. The number of aryl methyl sites for hydroxylation is 1. The molecule has 6 heteroatoms.